The molecule has 13 heteroatoms. The molecule has 1 aromatic carbocycles. The number of anilines is 3. The van der Waals surface area contributed by atoms with Crippen LogP contribution in [0.15, 0.2) is 84.2 Å². The Labute approximate surface area is 242 Å². The lowest BCUT2D eigenvalue weighted by Crippen LogP contribution is -2.34. The first-order chi connectivity index (χ1) is 20.4. The number of aromatic nitrogens is 7. The maximum atomic E-state index is 12.9. The molecule has 214 valence electrons. The van der Waals surface area contributed by atoms with Crippen LogP contribution in [0.3, 0.4) is 0 Å². The number of pyridine rings is 2. The number of rotatable bonds is 11. The van der Waals surface area contributed by atoms with Gasteiger partial charge in [-0.2, -0.15) is 9.67 Å². The number of carbonyl (C=O) groups is 1. The number of nitrogens with two attached hydrogens (primary N) is 1. The number of amides is 1. The van der Waals surface area contributed by atoms with Crippen molar-refractivity contribution in [3.8, 4) is 5.82 Å². The number of carbonyl (C=O) groups excluding carboxylic acids is 1. The van der Waals surface area contributed by atoms with E-state index in [0.717, 1.165) is 17.8 Å². The van der Waals surface area contributed by atoms with E-state index >= 15 is 0 Å². The van der Waals surface area contributed by atoms with Crippen molar-refractivity contribution in [1.29, 1.82) is 0 Å². The van der Waals surface area contributed by atoms with Crippen molar-refractivity contribution in [3.63, 3.8) is 0 Å². The zero-order valence-corrected chi connectivity index (χ0v) is 23.3. The molecule has 0 unspecified atom stereocenters. The van der Waals surface area contributed by atoms with Gasteiger partial charge in [0.2, 0.25) is 11.9 Å². The zero-order valence-electron chi connectivity index (χ0n) is 23.3. The van der Waals surface area contributed by atoms with Crippen molar-refractivity contribution >= 4 is 23.5 Å². The molecule has 1 amide bonds. The molecule has 0 aliphatic carbocycles. The van der Waals surface area contributed by atoms with Crippen LogP contribution in [0.25, 0.3) is 5.82 Å². The fourth-order valence-corrected chi connectivity index (χ4v) is 4.27. The van der Waals surface area contributed by atoms with Crippen LogP contribution in [-0.4, -0.2) is 65.7 Å². The Bertz CT molecular complexity index is 1710. The second-order valence-electron chi connectivity index (χ2n) is 9.82. The molecule has 0 radical (unpaired) electrons. The molecule has 0 aliphatic heterocycles. The van der Waals surface area contributed by atoms with Crippen LogP contribution in [0.1, 0.15) is 27.3 Å². The first-order valence-electron chi connectivity index (χ1n) is 13.3. The summed E-state index contributed by atoms with van der Waals surface area (Å²) in [5.74, 6) is 0.925. The van der Waals surface area contributed by atoms with Crippen LogP contribution >= 0.6 is 0 Å². The molecule has 0 saturated heterocycles. The van der Waals surface area contributed by atoms with Gasteiger partial charge in [0.15, 0.2) is 5.82 Å². The molecule has 4 heterocycles. The number of benzene rings is 1. The number of nitrogens with zero attached hydrogens (tertiary/aromatic N) is 8. The minimum absolute atomic E-state index is 0.0545. The average Bonchev–Trinajstić information content (AvgIpc) is 3.35. The molecule has 0 saturated carbocycles. The average molecular weight is 566 g/mol. The molecule has 0 spiro atoms. The third-order valence-electron chi connectivity index (χ3n) is 6.22. The highest BCUT2D eigenvalue weighted by Crippen LogP contribution is 2.18. The van der Waals surface area contributed by atoms with E-state index in [1.54, 1.807) is 43.0 Å². The largest absolute Gasteiger partial charge is 0.368 e. The summed E-state index contributed by atoms with van der Waals surface area (Å²) in [6.45, 7) is 1.39. The Balaban J connectivity index is 1.20. The molecule has 4 aromatic heterocycles. The lowest BCUT2D eigenvalue weighted by molar-refractivity contribution is 0.0952. The zero-order chi connectivity index (χ0) is 29.5. The Morgan fingerprint density at radius 3 is 2.60 bits per heavy atom. The third-order valence-corrected chi connectivity index (χ3v) is 6.22. The summed E-state index contributed by atoms with van der Waals surface area (Å²) in [6, 6.07) is 16.5. The normalized spacial score (nSPS) is 11.0. The van der Waals surface area contributed by atoms with Crippen LogP contribution in [0.4, 0.5) is 17.6 Å². The second kappa shape index (κ2) is 12.8. The molecular weight excluding hydrogens is 534 g/mol. The molecule has 4 N–H and O–H groups in total. The van der Waals surface area contributed by atoms with Gasteiger partial charge in [0, 0.05) is 56.1 Å². The van der Waals surface area contributed by atoms with Gasteiger partial charge in [-0.25, -0.2) is 9.97 Å². The lowest BCUT2D eigenvalue weighted by Gasteiger charge is -2.10. The van der Waals surface area contributed by atoms with Crippen LogP contribution < -0.4 is 21.9 Å². The maximum Gasteiger partial charge on any atom is 0.263 e. The van der Waals surface area contributed by atoms with Gasteiger partial charge < -0.3 is 25.8 Å². The smallest absolute Gasteiger partial charge is 0.263 e. The SMILES string of the molecule is CN(C)Cc1ccc(Nc2nc(N)n(-c3ccnc(CCNC(=O)c4cccn(Cc5cccnc5)c4=O)n3)n2)cc1. The van der Waals surface area contributed by atoms with E-state index in [0.29, 0.717) is 30.6 Å². The van der Waals surface area contributed by atoms with Crippen molar-refractivity contribution in [2.45, 2.75) is 19.5 Å². The quantitative estimate of drug-likeness (QED) is 0.216. The minimum atomic E-state index is -0.470. The maximum absolute atomic E-state index is 12.9. The minimum Gasteiger partial charge on any atom is -0.368 e. The van der Waals surface area contributed by atoms with Crippen LogP contribution in [0.5, 0.6) is 0 Å². The van der Waals surface area contributed by atoms with Crippen molar-refractivity contribution in [2.24, 2.45) is 0 Å². The first kappa shape index (κ1) is 28.1. The number of hydrogen-bond acceptors (Lipinski definition) is 10. The Kier molecular flexibility index (Phi) is 8.58. The van der Waals surface area contributed by atoms with Crippen molar-refractivity contribution in [2.75, 3.05) is 31.7 Å². The highest BCUT2D eigenvalue weighted by atomic mass is 16.2. The van der Waals surface area contributed by atoms with Gasteiger partial charge in [-0.15, -0.1) is 5.10 Å². The third kappa shape index (κ3) is 7.01. The summed E-state index contributed by atoms with van der Waals surface area (Å²) in [4.78, 5) is 44.9. The first-order valence-corrected chi connectivity index (χ1v) is 13.3. The summed E-state index contributed by atoms with van der Waals surface area (Å²) < 4.78 is 2.89. The highest BCUT2D eigenvalue weighted by molar-refractivity contribution is 5.93. The Morgan fingerprint density at radius 1 is 1.00 bits per heavy atom. The number of nitrogens with one attached hydrogen (secondary N) is 2. The lowest BCUT2D eigenvalue weighted by atomic mass is 10.2. The van der Waals surface area contributed by atoms with Gasteiger partial charge in [0.1, 0.15) is 11.4 Å². The fraction of sp³-hybridized carbons (Fsp3) is 0.207. The van der Waals surface area contributed by atoms with Gasteiger partial charge >= 0.3 is 0 Å². The summed E-state index contributed by atoms with van der Waals surface area (Å²) in [5.41, 5.74) is 8.68. The van der Waals surface area contributed by atoms with Crippen LogP contribution in [0.2, 0.25) is 0 Å². The molecule has 0 fully saturated rings. The van der Waals surface area contributed by atoms with Gasteiger partial charge in [0.25, 0.3) is 11.5 Å². The van der Waals surface area contributed by atoms with Crippen LogP contribution in [0, 0.1) is 0 Å². The number of hydrogen-bond donors (Lipinski definition) is 3. The van der Waals surface area contributed by atoms with Gasteiger partial charge in [0.05, 0.1) is 6.54 Å². The van der Waals surface area contributed by atoms with E-state index in [2.05, 4.69) is 40.6 Å². The Hall–Kier alpha value is -5.43. The summed E-state index contributed by atoms with van der Waals surface area (Å²) >= 11 is 0. The summed E-state index contributed by atoms with van der Waals surface area (Å²) in [7, 11) is 4.04. The second-order valence-corrected chi connectivity index (χ2v) is 9.82. The molecule has 0 bridgehead atoms. The van der Waals surface area contributed by atoms with Crippen molar-refractivity contribution in [1.82, 2.24) is 44.5 Å². The van der Waals surface area contributed by atoms with E-state index in [1.807, 2.05) is 44.4 Å². The van der Waals surface area contributed by atoms with E-state index in [4.69, 9.17) is 5.73 Å². The standard InChI is InChI=1S/C29H31N11O2/c1-38(2)18-20-7-9-22(10-8-20)34-29-36-28(30)40(37-29)25-12-15-32-24(35-25)11-14-33-26(41)23-6-4-16-39(27(23)42)19-21-5-3-13-31-17-21/h3-10,12-13,15-17H,11,14,18-19H2,1-2H3,(H,33,41)(H3,30,34,36,37). The van der Waals surface area contributed by atoms with Crippen LogP contribution in [-0.2, 0) is 19.5 Å². The van der Waals surface area contributed by atoms with E-state index in [1.165, 1.54) is 20.9 Å². The predicted octanol–water partition coefficient (Wildman–Crippen LogP) is 2.02. The van der Waals surface area contributed by atoms with E-state index in [9.17, 15) is 9.59 Å². The monoisotopic (exact) mass is 565 g/mol. The molecule has 5 aromatic rings. The Morgan fingerprint density at radius 2 is 1.83 bits per heavy atom. The molecule has 5 rings (SSSR count). The molecule has 42 heavy (non-hydrogen) atoms. The molecule has 0 aliphatic rings. The molecule has 13 nitrogen and oxygen atoms in total. The van der Waals surface area contributed by atoms with Gasteiger partial charge in [-0.3, -0.25) is 14.6 Å². The number of nitrogen functional groups attached to an aromatic ring is 1. The predicted molar refractivity (Wildman–Crippen MR) is 159 cm³/mol. The highest BCUT2D eigenvalue weighted by Gasteiger charge is 2.14. The van der Waals surface area contributed by atoms with Gasteiger partial charge in [-0.05, 0) is 55.6 Å². The molecular formula is C29H31N11O2. The topological polar surface area (TPSA) is 162 Å². The summed E-state index contributed by atoms with van der Waals surface area (Å²) in [5, 5.41) is 10.4. The van der Waals surface area contributed by atoms with Crippen molar-refractivity contribution < 1.29 is 4.79 Å². The van der Waals surface area contributed by atoms with Crippen molar-refractivity contribution in [3.05, 3.63) is 112 Å². The molecule has 0 atom stereocenters. The fourth-order valence-electron chi connectivity index (χ4n) is 4.27. The van der Waals surface area contributed by atoms with E-state index < -0.39 is 5.91 Å². The van der Waals surface area contributed by atoms with E-state index in [-0.39, 0.29) is 23.6 Å². The van der Waals surface area contributed by atoms with Gasteiger partial charge in [-0.1, -0.05) is 18.2 Å². The summed E-state index contributed by atoms with van der Waals surface area (Å²) in [6.07, 6.45) is 6.91.